The summed E-state index contributed by atoms with van der Waals surface area (Å²) in [5.41, 5.74) is 1.55. The lowest BCUT2D eigenvalue weighted by Crippen LogP contribution is -2.14. The number of halogens is 3. The molecule has 1 heterocycles. The highest BCUT2D eigenvalue weighted by Crippen LogP contribution is 2.22. The summed E-state index contributed by atoms with van der Waals surface area (Å²) in [5.74, 6) is -4.73. The second-order valence-electron chi connectivity index (χ2n) is 5.61. The van der Waals surface area contributed by atoms with E-state index in [-0.39, 0.29) is 17.2 Å². The van der Waals surface area contributed by atoms with Crippen molar-refractivity contribution in [3.05, 3.63) is 77.4 Å². The lowest BCUT2D eigenvalue weighted by molar-refractivity contribution is 0.102. The molecule has 1 aromatic heterocycles. The molecule has 138 valence electrons. The molecule has 0 radical (unpaired) electrons. The van der Waals surface area contributed by atoms with E-state index < -0.39 is 23.4 Å². The van der Waals surface area contributed by atoms with Gasteiger partial charge in [0.25, 0.3) is 5.91 Å². The Labute approximate surface area is 153 Å². The molecule has 27 heavy (non-hydrogen) atoms. The van der Waals surface area contributed by atoms with E-state index in [1.807, 2.05) is 25.1 Å². The second-order valence-corrected chi connectivity index (χ2v) is 5.61. The van der Waals surface area contributed by atoms with Crippen LogP contribution in [0.3, 0.4) is 0 Å². The number of nitrogens with zero attached hydrogens (tertiary/aromatic N) is 2. The Morgan fingerprint density at radius 3 is 2.37 bits per heavy atom. The van der Waals surface area contributed by atoms with Crippen LogP contribution in [0.2, 0.25) is 0 Å². The normalized spacial score (nSPS) is 10.5. The van der Waals surface area contributed by atoms with Crippen molar-refractivity contribution < 1.29 is 18.0 Å². The van der Waals surface area contributed by atoms with E-state index in [1.165, 1.54) is 12.4 Å². The smallest absolute Gasteiger partial charge is 0.258 e. The first-order valence-corrected chi connectivity index (χ1v) is 8.11. The number of carbonyl (C=O) groups excluding carboxylic acids is 1. The van der Waals surface area contributed by atoms with Gasteiger partial charge in [0.1, 0.15) is 0 Å². The van der Waals surface area contributed by atoms with Gasteiger partial charge in [-0.15, -0.1) is 0 Å². The molecule has 0 atom stereocenters. The minimum absolute atomic E-state index is 0.0644. The molecule has 8 heteroatoms. The molecule has 0 aliphatic carbocycles. The van der Waals surface area contributed by atoms with Crippen molar-refractivity contribution in [3.63, 3.8) is 0 Å². The zero-order chi connectivity index (χ0) is 19.4. The minimum atomic E-state index is -1.59. The van der Waals surface area contributed by atoms with Gasteiger partial charge in [-0.3, -0.25) is 4.79 Å². The number of carbonyl (C=O) groups is 1. The Morgan fingerprint density at radius 2 is 1.67 bits per heavy atom. The summed E-state index contributed by atoms with van der Waals surface area (Å²) in [6, 6.07) is 9.21. The van der Waals surface area contributed by atoms with Crippen LogP contribution >= 0.6 is 0 Å². The van der Waals surface area contributed by atoms with E-state index in [2.05, 4.69) is 20.6 Å². The van der Waals surface area contributed by atoms with Crippen molar-refractivity contribution in [3.8, 4) is 0 Å². The van der Waals surface area contributed by atoms with Gasteiger partial charge < -0.3 is 10.6 Å². The standard InChI is InChI=1S/C19H15F3N4O/c1-2-11-5-3-4-6-14(11)25-18(27)12-9-23-19(24-10-12)26-15-8-7-13(20)16(21)17(15)22/h3-10H,2H2,1H3,(H,25,27)(H,23,24,26). The number of aromatic nitrogens is 2. The first-order valence-electron chi connectivity index (χ1n) is 8.11. The summed E-state index contributed by atoms with van der Waals surface area (Å²) in [7, 11) is 0. The van der Waals surface area contributed by atoms with Crippen molar-refractivity contribution >= 4 is 23.2 Å². The van der Waals surface area contributed by atoms with Crippen LogP contribution < -0.4 is 10.6 Å². The average Bonchev–Trinajstić information content (AvgIpc) is 2.69. The molecule has 2 N–H and O–H groups in total. The molecule has 3 aromatic rings. The molecule has 5 nitrogen and oxygen atoms in total. The first-order chi connectivity index (χ1) is 13.0. The molecule has 0 bridgehead atoms. The largest absolute Gasteiger partial charge is 0.322 e. The third-order valence-electron chi connectivity index (χ3n) is 3.84. The van der Waals surface area contributed by atoms with Crippen LogP contribution in [0.5, 0.6) is 0 Å². The third-order valence-corrected chi connectivity index (χ3v) is 3.84. The van der Waals surface area contributed by atoms with Crippen LogP contribution in [0, 0.1) is 17.5 Å². The van der Waals surface area contributed by atoms with Crippen LogP contribution in [0.4, 0.5) is 30.5 Å². The van der Waals surface area contributed by atoms with Crippen molar-refractivity contribution in [2.75, 3.05) is 10.6 Å². The lowest BCUT2D eigenvalue weighted by Gasteiger charge is -2.10. The van der Waals surface area contributed by atoms with Crippen LogP contribution in [-0.2, 0) is 6.42 Å². The quantitative estimate of drug-likeness (QED) is 0.650. The van der Waals surface area contributed by atoms with Crippen LogP contribution in [0.15, 0.2) is 48.8 Å². The Morgan fingerprint density at radius 1 is 0.963 bits per heavy atom. The topological polar surface area (TPSA) is 66.9 Å². The van der Waals surface area contributed by atoms with Crippen LogP contribution in [0.1, 0.15) is 22.8 Å². The minimum Gasteiger partial charge on any atom is -0.322 e. The number of para-hydroxylation sites is 1. The molecular formula is C19H15F3N4O. The summed E-state index contributed by atoms with van der Waals surface area (Å²) >= 11 is 0. The fourth-order valence-electron chi connectivity index (χ4n) is 2.40. The van der Waals surface area contributed by atoms with E-state index in [1.54, 1.807) is 6.07 Å². The van der Waals surface area contributed by atoms with Gasteiger partial charge in [0.05, 0.1) is 11.3 Å². The maximum absolute atomic E-state index is 13.7. The van der Waals surface area contributed by atoms with Gasteiger partial charge in [0.2, 0.25) is 5.95 Å². The van der Waals surface area contributed by atoms with E-state index in [0.29, 0.717) is 5.69 Å². The lowest BCUT2D eigenvalue weighted by atomic mass is 10.1. The van der Waals surface area contributed by atoms with Gasteiger partial charge in [-0.05, 0) is 30.2 Å². The van der Waals surface area contributed by atoms with Crippen molar-refractivity contribution in [1.29, 1.82) is 0 Å². The summed E-state index contributed by atoms with van der Waals surface area (Å²) in [4.78, 5) is 20.1. The van der Waals surface area contributed by atoms with Gasteiger partial charge in [-0.25, -0.2) is 23.1 Å². The highest BCUT2D eigenvalue weighted by Gasteiger charge is 2.15. The number of benzene rings is 2. The highest BCUT2D eigenvalue weighted by atomic mass is 19.2. The fourth-order valence-corrected chi connectivity index (χ4v) is 2.40. The number of amides is 1. The summed E-state index contributed by atoms with van der Waals surface area (Å²) in [6.07, 6.45) is 3.25. The SMILES string of the molecule is CCc1ccccc1NC(=O)c1cnc(Nc2ccc(F)c(F)c2F)nc1. The Balaban J connectivity index is 1.73. The number of anilines is 3. The van der Waals surface area contributed by atoms with Crippen molar-refractivity contribution in [2.45, 2.75) is 13.3 Å². The van der Waals surface area contributed by atoms with Gasteiger partial charge in [-0.1, -0.05) is 25.1 Å². The molecule has 3 rings (SSSR count). The van der Waals surface area contributed by atoms with Gasteiger partial charge in [0, 0.05) is 18.1 Å². The summed E-state index contributed by atoms with van der Waals surface area (Å²) < 4.78 is 39.9. The molecule has 0 aliphatic rings. The molecule has 0 saturated carbocycles. The third kappa shape index (κ3) is 4.05. The number of nitrogens with one attached hydrogen (secondary N) is 2. The van der Waals surface area contributed by atoms with Crippen molar-refractivity contribution in [1.82, 2.24) is 9.97 Å². The number of aryl methyl sites for hydroxylation is 1. The fraction of sp³-hybridized carbons (Fsp3) is 0.105. The Hall–Kier alpha value is -3.42. The number of rotatable bonds is 5. The van der Waals surface area contributed by atoms with E-state index in [4.69, 9.17) is 0 Å². The van der Waals surface area contributed by atoms with E-state index >= 15 is 0 Å². The molecule has 0 saturated heterocycles. The van der Waals surface area contributed by atoms with Crippen molar-refractivity contribution in [2.24, 2.45) is 0 Å². The summed E-state index contributed by atoms with van der Waals surface area (Å²) in [5, 5.41) is 5.22. The van der Waals surface area contributed by atoms with Crippen LogP contribution in [0.25, 0.3) is 0 Å². The molecule has 2 aromatic carbocycles. The average molecular weight is 372 g/mol. The Bertz CT molecular complexity index is 977. The monoisotopic (exact) mass is 372 g/mol. The zero-order valence-corrected chi connectivity index (χ0v) is 14.3. The molecule has 0 aliphatic heterocycles. The number of hydrogen-bond donors (Lipinski definition) is 2. The van der Waals surface area contributed by atoms with Gasteiger partial charge in [-0.2, -0.15) is 0 Å². The molecule has 0 unspecified atom stereocenters. The Kier molecular flexibility index (Phi) is 5.35. The van der Waals surface area contributed by atoms with Gasteiger partial charge >= 0.3 is 0 Å². The van der Waals surface area contributed by atoms with Gasteiger partial charge in [0.15, 0.2) is 17.5 Å². The predicted octanol–water partition coefficient (Wildman–Crippen LogP) is 4.45. The predicted molar refractivity (Wildman–Crippen MR) is 95.4 cm³/mol. The zero-order valence-electron chi connectivity index (χ0n) is 14.3. The summed E-state index contributed by atoms with van der Waals surface area (Å²) in [6.45, 7) is 1.98. The highest BCUT2D eigenvalue weighted by molar-refractivity contribution is 6.04. The molecular weight excluding hydrogens is 357 g/mol. The molecule has 0 fully saturated rings. The first kappa shape index (κ1) is 18.4. The molecule has 1 amide bonds. The second kappa shape index (κ2) is 7.86. The number of hydrogen-bond acceptors (Lipinski definition) is 4. The maximum Gasteiger partial charge on any atom is 0.258 e. The maximum atomic E-state index is 13.7. The van der Waals surface area contributed by atoms with E-state index in [0.717, 1.165) is 24.1 Å². The van der Waals surface area contributed by atoms with E-state index in [9.17, 15) is 18.0 Å². The van der Waals surface area contributed by atoms with Crippen LogP contribution in [-0.4, -0.2) is 15.9 Å². The molecule has 0 spiro atoms.